The SMILES string of the molecule is C=CCC(CC)(C(=O)OCC)C(CC)(CC)CCC. The first kappa shape index (κ1) is 18.2. The maximum atomic E-state index is 12.7. The molecule has 1 atom stereocenters. The highest BCUT2D eigenvalue weighted by Crippen LogP contribution is 2.53. The Hall–Kier alpha value is -0.790. The smallest absolute Gasteiger partial charge is 0.312 e. The first-order valence-electron chi connectivity index (χ1n) is 7.82. The van der Waals surface area contributed by atoms with E-state index in [-0.39, 0.29) is 11.4 Å². The van der Waals surface area contributed by atoms with Crippen LogP contribution >= 0.6 is 0 Å². The summed E-state index contributed by atoms with van der Waals surface area (Å²) in [6.45, 7) is 14.9. The van der Waals surface area contributed by atoms with Gasteiger partial charge in [0.15, 0.2) is 0 Å². The first-order chi connectivity index (χ1) is 9.03. The Morgan fingerprint density at radius 3 is 2.00 bits per heavy atom. The molecular formula is C17H32O2. The molecule has 0 bridgehead atoms. The van der Waals surface area contributed by atoms with Gasteiger partial charge in [0.05, 0.1) is 12.0 Å². The Labute approximate surface area is 119 Å². The number of ether oxygens (including phenoxy) is 1. The zero-order valence-corrected chi connectivity index (χ0v) is 13.6. The van der Waals surface area contributed by atoms with E-state index < -0.39 is 5.41 Å². The topological polar surface area (TPSA) is 26.3 Å². The first-order valence-corrected chi connectivity index (χ1v) is 7.82. The van der Waals surface area contributed by atoms with Crippen molar-refractivity contribution in [2.75, 3.05) is 6.61 Å². The van der Waals surface area contributed by atoms with Crippen LogP contribution in [0.4, 0.5) is 0 Å². The highest BCUT2D eigenvalue weighted by Gasteiger charge is 2.52. The van der Waals surface area contributed by atoms with Crippen LogP contribution in [0.2, 0.25) is 0 Å². The largest absolute Gasteiger partial charge is 0.466 e. The average Bonchev–Trinajstić information content (AvgIpc) is 2.42. The number of hydrogen-bond acceptors (Lipinski definition) is 2. The van der Waals surface area contributed by atoms with E-state index in [1.807, 2.05) is 13.0 Å². The van der Waals surface area contributed by atoms with Gasteiger partial charge in [-0.3, -0.25) is 4.79 Å². The van der Waals surface area contributed by atoms with Gasteiger partial charge in [-0.2, -0.15) is 0 Å². The van der Waals surface area contributed by atoms with Crippen LogP contribution in [-0.2, 0) is 9.53 Å². The molecule has 0 aromatic rings. The fourth-order valence-electron chi connectivity index (χ4n) is 3.69. The van der Waals surface area contributed by atoms with Crippen LogP contribution in [0.5, 0.6) is 0 Å². The minimum absolute atomic E-state index is 0.0247. The molecule has 0 aliphatic carbocycles. The fraction of sp³-hybridized carbons (Fsp3) is 0.824. The second-order valence-corrected chi connectivity index (χ2v) is 5.39. The van der Waals surface area contributed by atoms with E-state index in [0.29, 0.717) is 13.0 Å². The zero-order chi connectivity index (χ0) is 14.9. The quantitative estimate of drug-likeness (QED) is 0.405. The van der Waals surface area contributed by atoms with E-state index in [2.05, 4.69) is 34.3 Å². The van der Waals surface area contributed by atoms with Crippen LogP contribution in [-0.4, -0.2) is 12.6 Å². The van der Waals surface area contributed by atoms with Gasteiger partial charge in [-0.25, -0.2) is 0 Å². The number of carbonyl (C=O) groups excluding carboxylic acids is 1. The summed E-state index contributed by atoms with van der Waals surface area (Å²) in [5, 5.41) is 0. The molecule has 0 fully saturated rings. The lowest BCUT2D eigenvalue weighted by atomic mass is 9.55. The van der Waals surface area contributed by atoms with Crippen LogP contribution in [0, 0.1) is 10.8 Å². The number of allylic oxidation sites excluding steroid dienone is 1. The van der Waals surface area contributed by atoms with E-state index in [1.165, 1.54) is 0 Å². The molecule has 0 heterocycles. The Kier molecular flexibility index (Phi) is 8.05. The molecule has 0 radical (unpaired) electrons. The van der Waals surface area contributed by atoms with Gasteiger partial charge in [0, 0.05) is 0 Å². The summed E-state index contributed by atoms with van der Waals surface area (Å²) in [6.07, 6.45) is 7.61. The normalized spacial score (nSPS) is 14.8. The summed E-state index contributed by atoms with van der Waals surface area (Å²) in [4.78, 5) is 12.7. The Balaban J connectivity index is 5.74. The number of carbonyl (C=O) groups is 1. The molecule has 112 valence electrons. The molecule has 0 amide bonds. The van der Waals surface area contributed by atoms with Crippen LogP contribution in [0.25, 0.3) is 0 Å². The van der Waals surface area contributed by atoms with Crippen molar-refractivity contribution in [2.24, 2.45) is 10.8 Å². The maximum absolute atomic E-state index is 12.7. The standard InChI is InChI=1S/C17H32O2/c1-7-13-16(9-3,10-4)17(11-5,14-8-2)15(18)19-12-6/h8H,2,7,9-14H2,1,3-6H3. The monoisotopic (exact) mass is 268 g/mol. The van der Waals surface area contributed by atoms with Crippen molar-refractivity contribution in [1.29, 1.82) is 0 Å². The minimum Gasteiger partial charge on any atom is -0.466 e. The maximum Gasteiger partial charge on any atom is 0.312 e. The van der Waals surface area contributed by atoms with Gasteiger partial charge >= 0.3 is 5.97 Å². The minimum atomic E-state index is -0.412. The Morgan fingerprint density at radius 1 is 1.11 bits per heavy atom. The van der Waals surface area contributed by atoms with Crippen LogP contribution in [0.15, 0.2) is 12.7 Å². The summed E-state index contributed by atoms with van der Waals surface area (Å²) in [7, 11) is 0. The molecule has 0 spiro atoms. The lowest BCUT2D eigenvalue weighted by Gasteiger charge is -2.48. The predicted molar refractivity (Wildman–Crippen MR) is 82.1 cm³/mol. The molecular weight excluding hydrogens is 236 g/mol. The molecule has 0 rings (SSSR count). The van der Waals surface area contributed by atoms with Crippen LogP contribution < -0.4 is 0 Å². The van der Waals surface area contributed by atoms with Gasteiger partial charge in [-0.15, -0.1) is 6.58 Å². The zero-order valence-electron chi connectivity index (χ0n) is 13.6. The summed E-state index contributed by atoms with van der Waals surface area (Å²) in [5.41, 5.74) is -0.388. The van der Waals surface area contributed by atoms with Crippen LogP contribution in [0.3, 0.4) is 0 Å². The van der Waals surface area contributed by atoms with Crippen molar-refractivity contribution in [3.8, 4) is 0 Å². The Bertz CT molecular complexity index is 279. The van der Waals surface area contributed by atoms with Gasteiger partial charge in [-0.1, -0.05) is 40.2 Å². The summed E-state index contributed by atoms with van der Waals surface area (Å²) in [5.74, 6) is -0.0328. The van der Waals surface area contributed by atoms with Gasteiger partial charge in [0.1, 0.15) is 0 Å². The van der Waals surface area contributed by atoms with E-state index in [1.54, 1.807) is 0 Å². The van der Waals surface area contributed by atoms with Gasteiger partial charge in [0.25, 0.3) is 0 Å². The second-order valence-electron chi connectivity index (χ2n) is 5.39. The van der Waals surface area contributed by atoms with Crippen molar-refractivity contribution >= 4 is 5.97 Å². The van der Waals surface area contributed by atoms with Gasteiger partial charge in [-0.05, 0) is 44.4 Å². The van der Waals surface area contributed by atoms with Crippen molar-refractivity contribution in [3.63, 3.8) is 0 Å². The average molecular weight is 268 g/mol. The second kappa shape index (κ2) is 8.39. The molecule has 2 heteroatoms. The molecule has 0 aromatic heterocycles. The summed E-state index contributed by atoms with van der Waals surface area (Å²) < 4.78 is 5.42. The van der Waals surface area contributed by atoms with E-state index in [9.17, 15) is 4.79 Å². The highest BCUT2D eigenvalue weighted by molar-refractivity contribution is 5.78. The third-order valence-corrected chi connectivity index (χ3v) is 4.86. The van der Waals surface area contributed by atoms with Crippen molar-refractivity contribution in [1.82, 2.24) is 0 Å². The van der Waals surface area contributed by atoms with Crippen LogP contribution in [0.1, 0.15) is 73.1 Å². The van der Waals surface area contributed by atoms with Gasteiger partial charge in [0.2, 0.25) is 0 Å². The summed E-state index contributed by atoms with van der Waals surface area (Å²) in [6, 6.07) is 0. The molecule has 2 nitrogen and oxygen atoms in total. The molecule has 0 aliphatic rings. The predicted octanol–water partition coefficient (Wildman–Crippen LogP) is 5.13. The van der Waals surface area contributed by atoms with Gasteiger partial charge < -0.3 is 4.74 Å². The Morgan fingerprint density at radius 2 is 1.68 bits per heavy atom. The number of esters is 1. The highest BCUT2D eigenvalue weighted by atomic mass is 16.5. The summed E-state index contributed by atoms with van der Waals surface area (Å²) >= 11 is 0. The lowest BCUT2D eigenvalue weighted by molar-refractivity contribution is -0.167. The molecule has 0 saturated heterocycles. The lowest BCUT2D eigenvalue weighted by Crippen LogP contribution is -2.48. The molecule has 0 saturated carbocycles. The molecule has 0 aromatic carbocycles. The third-order valence-electron chi connectivity index (χ3n) is 4.86. The number of hydrogen-bond donors (Lipinski definition) is 0. The van der Waals surface area contributed by atoms with E-state index in [4.69, 9.17) is 4.74 Å². The van der Waals surface area contributed by atoms with Crippen molar-refractivity contribution in [3.05, 3.63) is 12.7 Å². The van der Waals surface area contributed by atoms with Crippen molar-refractivity contribution < 1.29 is 9.53 Å². The van der Waals surface area contributed by atoms with Crippen molar-refractivity contribution in [2.45, 2.75) is 73.1 Å². The van der Waals surface area contributed by atoms with E-state index in [0.717, 1.165) is 32.1 Å². The molecule has 1 unspecified atom stereocenters. The molecule has 19 heavy (non-hydrogen) atoms. The van der Waals surface area contributed by atoms with E-state index >= 15 is 0 Å². The third kappa shape index (κ3) is 3.40. The molecule has 0 N–H and O–H groups in total. The number of rotatable bonds is 10. The fourth-order valence-corrected chi connectivity index (χ4v) is 3.69. The molecule has 0 aliphatic heterocycles.